The Morgan fingerprint density at radius 2 is 2.10 bits per heavy atom. The lowest BCUT2D eigenvalue weighted by Gasteiger charge is -2.21. The number of anilines is 2. The number of rotatable bonds is 3. The molecule has 21 heavy (non-hydrogen) atoms. The first kappa shape index (κ1) is 13.8. The molecule has 2 heterocycles. The maximum atomic E-state index is 11.0. The van der Waals surface area contributed by atoms with Crippen LogP contribution in [0.5, 0.6) is 0 Å². The number of aliphatic hydroxyl groups is 1. The summed E-state index contributed by atoms with van der Waals surface area (Å²) in [5, 5.41) is 23.0. The van der Waals surface area contributed by atoms with Gasteiger partial charge in [-0.25, -0.2) is 9.97 Å². The number of aliphatic carboxylic acids is 1. The number of nitrogens with one attached hydrogen (secondary N) is 1. The van der Waals surface area contributed by atoms with Gasteiger partial charge < -0.3 is 15.5 Å². The molecule has 0 saturated heterocycles. The summed E-state index contributed by atoms with van der Waals surface area (Å²) in [7, 11) is 0. The number of fused-ring (bicyclic) bond motifs is 2. The van der Waals surface area contributed by atoms with E-state index in [1.807, 2.05) is 6.07 Å². The number of carboxylic acids is 1. The molecule has 0 aliphatic carbocycles. The van der Waals surface area contributed by atoms with Crippen molar-refractivity contribution in [1.82, 2.24) is 9.97 Å². The van der Waals surface area contributed by atoms with Crippen LogP contribution >= 0.6 is 11.8 Å². The Bertz CT molecular complexity index is 708. The third kappa shape index (κ3) is 2.57. The van der Waals surface area contributed by atoms with Crippen LogP contribution in [0.4, 0.5) is 11.5 Å². The van der Waals surface area contributed by atoms with E-state index in [1.54, 1.807) is 24.5 Å². The molecule has 108 valence electrons. The highest BCUT2D eigenvalue weighted by Crippen LogP contribution is 2.42. The molecule has 1 aromatic carbocycles. The summed E-state index contributed by atoms with van der Waals surface area (Å²) in [4.78, 5) is 20.4. The SMILES string of the molecule is CC(C(=O)O)C(O)c1ccc2c(c1)Nc1nccnc1S2. The Balaban J connectivity index is 1.92. The van der Waals surface area contributed by atoms with E-state index >= 15 is 0 Å². The maximum Gasteiger partial charge on any atom is 0.309 e. The van der Waals surface area contributed by atoms with Gasteiger partial charge in [0, 0.05) is 17.3 Å². The fraction of sp³-hybridized carbons (Fsp3) is 0.214. The van der Waals surface area contributed by atoms with E-state index < -0.39 is 18.0 Å². The van der Waals surface area contributed by atoms with Gasteiger partial charge in [0.15, 0.2) is 5.82 Å². The molecule has 0 amide bonds. The van der Waals surface area contributed by atoms with Crippen LogP contribution in [-0.2, 0) is 4.79 Å². The van der Waals surface area contributed by atoms with Crippen LogP contribution in [0.15, 0.2) is 40.5 Å². The minimum Gasteiger partial charge on any atom is -0.481 e. The fourth-order valence-electron chi connectivity index (χ4n) is 2.06. The lowest BCUT2D eigenvalue weighted by Crippen LogP contribution is -2.18. The zero-order valence-corrected chi connectivity index (χ0v) is 12.0. The van der Waals surface area contributed by atoms with Gasteiger partial charge in [0.1, 0.15) is 5.03 Å². The third-order valence-electron chi connectivity index (χ3n) is 3.33. The zero-order valence-electron chi connectivity index (χ0n) is 11.1. The van der Waals surface area contributed by atoms with Crippen molar-refractivity contribution in [3.05, 3.63) is 36.2 Å². The Kier molecular flexibility index (Phi) is 3.52. The fourth-order valence-corrected chi connectivity index (χ4v) is 2.94. The van der Waals surface area contributed by atoms with Crippen molar-refractivity contribution in [2.75, 3.05) is 5.32 Å². The van der Waals surface area contributed by atoms with Gasteiger partial charge in [0.2, 0.25) is 0 Å². The Labute approximate surface area is 125 Å². The molecule has 1 aliphatic heterocycles. The minimum absolute atomic E-state index is 0.559. The van der Waals surface area contributed by atoms with Gasteiger partial charge in [-0.3, -0.25) is 4.79 Å². The molecule has 6 nitrogen and oxygen atoms in total. The van der Waals surface area contributed by atoms with Crippen molar-refractivity contribution in [1.29, 1.82) is 0 Å². The van der Waals surface area contributed by atoms with E-state index in [0.717, 1.165) is 15.6 Å². The first-order chi connectivity index (χ1) is 10.1. The number of nitrogens with zero attached hydrogens (tertiary/aromatic N) is 2. The van der Waals surface area contributed by atoms with Crippen molar-refractivity contribution < 1.29 is 15.0 Å². The quantitative estimate of drug-likeness (QED) is 0.684. The molecule has 0 fully saturated rings. The molecule has 1 aromatic heterocycles. The molecule has 7 heteroatoms. The van der Waals surface area contributed by atoms with E-state index in [0.29, 0.717) is 11.4 Å². The predicted octanol–water partition coefficient (Wildman–Crippen LogP) is 2.44. The normalized spacial score (nSPS) is 15.3. The summed E-state index contributed by atoms with van der Waals surface area (Å²) in [6, 6.07) is 5.33. The monoisotopic (exact) mass is 303 g/mol. The van der Waals surface area contributed by atoms with Crippen LogP contribution < -0.4 is 5.32 Å². The smallest absolute Gasteiger partial charge is 0.309 e. The predicted molar refractivity (Wildman–Crippen MR) is 77.6 cm³/mol. The number of carboxylic acid groups (broad SMARTS) is 1. The van der Waals surface area contributed by atoms with Gasteiger partial charge in [0.05, 0.1) is 17.7 Å². The summed E-state index contributed by atoms with van der Waals surface area (Å²) in [6.45, 7) is 1.48. The summed E-state index contributed by atoms with van der Waals surface area (Å²) >= 11 is 1.48. The van der Waals surface area contributed by atoms with E-state index in [4.69, 9.17) is 5.11 Å². The number of carbonyl (C=O) groups is 1. The Morgan fingerprint density at radius 1 is 1.33 bits per heavy atom. The van der Waals surface area contributed by atoms with Crippen LogP contribution in [0, 0.1) is 5.92 Å². The second-order valence-electron chi connectivity index (χ2n) is 4.76. The average molecular weight is 303 g/mol. The van der Waals surface area contributed by atoms with Crippen molar-refractivity contribution in [2.45, 2.75) is 22.9 Å². The molecular weight excluding hydrogens is 290 g/mol. The summed E-state index contributed by atoms with van der Waals surface area (Å²) in [6.07, 6.45) is 2.18. The largest absolute Gasteiger partial charge is 0.481 e. The molecule has 2 atom stereocenters. The number of aliphatic hydroxyl groups excluding tert-OH is 1. The molecule has 0 bridgehead atoms. The lowest BCUT2D eigenvalue weighted by molar-refractivity contribution is -0.145. The second kappa shape index (κ2) is 5.34. The number of hydrogen-bond acceptors (Lipinski definition) is 6. The van der Waals surface area contributed by atoms with E-state index in [2.05, 4.69) is 15.3 Å². The van der Waals surface area contributed by atoms with Crippen molar-refractivity contribution in [3.63, 3.8) is 0 Å². The summed E-state index contributed by atoms with van der Waals surface area (Å²) in [5.74, 6) is -1.24. The molecule has 1 aliphatic rings. The average Bonchev–Trinajstić information content (AvgIpc) is 2.50. The summed E-state index contributed by atoms with van der Waals surface area (Å²) in [5.41, 5.74) is 1.35. The van der Waals surface area contributed by atoms with Gasteiger partial charge in [0.25, 0.3) is 0 Å². The molecule has 0 radical (unpaired) electrons. The van der Waals surface area contributed by atoms with Crippen molar-refractivity contribution >= 4 is 29.2 Å². The molecule has 3 N–H and O–H groups in total. The van der Waals surface area contributed by atoms with Crippen LogP contribution in [-0.4, -0.2) is 26.2 Å². The van der Waals surface area contributed by atoms with Crippen molar-refractivity contribution in [3.8, 4) is 0 Å². The first-order valence-electron chi connectivity index (χ1n) is 6.37. The number of benzene rings is 1. The van der Waals surface area contributed by atoms with Crippen LogP contribution in [0.25, 0.3) is 0 Å². The molecule has 2 unspecified atom stereocenters. The number of hydrogen-bond donors (Lipinski definition) is 3. The van der Waals surface area contributed by atoms with Crippen LogP contribution in [0.1, 0.15) is 18.6 Å². The van der Waals surface area contributed by atoms with Crippen LogP contribution in [0.3, 0.4) is 0 Å². The highest BCUT2D eigenvalue weighted by Gasteiger charge is 2.25. The van der Waals surface area contributed by atoms with Gasteiger partial charge in [-0.2, -0.15) is 0 Å². The van der Waals surface area contributed by atoms with Gasteiger partial charge in [-0.15, -0.1) is 0 Å². The molecule has 3 rings (SSSR count). The second-order valence-corrected chi connectivity index (χ2v) is 5.80. The number of aromatic nitrogens is 2. The highest BCUT2D eigenvalue weighted by molar-refractivity contribution is 7.99. The maximum absolute atomic E-state index is 11.0. The molecule has 2 aromatic rings. The van der Waals surface area contributed by atoms with E-state index in [9.17, 15) is 9.90 Å². The summed E-state index contributed by atoms with van der Waals surface area (Å²) < 4.78 is 0. The zero-order chi connectivity index (χ0) is 15.0. The molecule has 0 spiro atoms. The lowest BCUT2D eigenvalue weighted by atomic mass is 9.97. The van der Waals surface area contributed by atoms with Gasteiger partial charge >= 0.3 is 5.97 Å². The highest BCUT2D eigenvalue weighted by atomic mass is 32.2. The minimum atomic E-state index is -1.05. The Hall–Kier alpha value is -2.12. The van der Waals surface area contributed by atoms with Gasteiger partial charge in [-0.1, -0.05) is 17.8 Å². The van der Waals surface area contributed by atoms with E-state index in [1.165, 1.54) is 18.7 Å². The van der Waals surface area contributed by atoms with Crippen molar-refractivity contribution in [2.24, 2.45) is 5.92 Å². The van der Waals surface area contributed by atoms with E-state index in [-0.39, 0.29) is 0 Å². The molecular formula is C14H13N3O3S. The Morgan fingerprint density at radius 3 is 2.86 bits per heavy atom. The topological polar surface area (TPSA) is 95.3 Å². The first-order valence-corrected chi connectivity index (χ1v) is 7.18. The molecule has 0 saturated carbocycles. The standard InChI is InChI=1S/C14H13N3O3S/c1-7(14(19)20)11(18)8-2-3-10-9(6-8)17-12-13(21-10)16-5-4-15-12/h2-7,11,18H,1H3,(H,15,17)(H,19,20). The third-order valence-corrected chi connectivity index (χ3v) is 4.40. The van der Waals surface area contributed by atoms with Gasteiger partial charge in [-0.05, 0) is 24.6 Å². The van der Waals surface area contributed by atoms with Crippen LogP contribution in [0.2, 0.25) is 0 Å².